The average Bonchev–Trinajstić information content (AvgIpc) is 2.02. The van der Waals surface area contributed by atoms with Gasteiger partial charge in [-0.15, -0.1) is 0 Å². The largest absolute Gasteiger partial charge is 0.396 e. The van der Waals surface area contributed by atoms with Crippen LogP contribution in [0.15, 0.2) is 0 Å². The second-order valence-electron chi connectivity index (χ2n) is 5.02. The Morgan fingerprint density at radius 3 is 2.33 bits per heavy atom. The van der Waals surface area contributed by atoms with Crippen molar-refractivity contribution in [3.05, 3.63) is 0 Å². The number of hydrogen-bond acceptors (Lipinski definition) is 2. The van der Waals surface area contributed by atoms with Crippen molar-refractivity contribution in [3.63, 3.8) is 0 Å². The lowest BCUT2D eigenvalue weighted by Crippen LogP contribution is -2.59. The maximum absolute atomic E-state index is 9.74. The monoisotopic (exact) mass is 170 g/mol. The van der Waals surface area contributed by atoms with E-state index in [-0.39, 0.29) is 18.1 Å². The number of aliphatic hydroxyl groups is 2. The molecule has 0 radical (unpaired) electrons. The summed E-state index contributed by atoms with van der Waals surface area (Å²) in [7, 11) is 0. The Morgan fingerprint density at radius 2 is 1.92 bits per heavy atom. The molecule has 0 amide bonds. The second kappa shape index (κ2) is 2.46. The van der Waals surface area contributed by atoms with Gasteiger partial charge in [0.15, 0.2) is 0 Å². The molecule has 3 rings (SSSR count). The summed E-state index contributed by atoms with van der Waals surface area (Å²) in [6, 6.07) is 0. The Hall–Kier alpha value is -0.0800. The molecule has 0 aliphatic heterocycles. The Morgan fingerprint density at radius 1 is 1.25 bits per heavy atom. The van der Waals surface area contributed by atoms with Crippen molar-refractivity contribution in [2.24, 2.45) is 23.2 Å². The van der Waals surface area contributed by atoms with E-state index in [2.05, 4.69) is 13.8 Å². The molecule has 0 heterocycles. The summed E-state index contributed by atoms with van der Waals surface area (Å²) in [5, 5.41) is 18.9. The number of aliphatic hydroxyl groups excluding tert-OH is 2. The number of hydrogen-bond donors (Lipinski definition) is 2. The Balaban J connectivity index is 2.16. The zero-order valence-electron chi connectivity index (χ0n) is 7.83. The first-order chi connectivity index (χ1) is 5.57. The molecule has 0 saturated heterocycles. The van der Waals surface area contributed by atoms with Crippen LogP contribution in [-0.4, -0.2) is 22.9 Å². The van der Waals surface area contributed by atoms with Gasteiger partial charge >= 0.3 is 0 Å². The molecule has 0 spiro atoms. The third-order valence-electron chi connectivity index (χ3n) is 4.23. The van der Waals surface area contributed by atoms with E-state index in [1.54, 1.807) is 0 Å². The highest BCUT2D eigenvalue weighted by molar-refractivity contribution is 5.06. The first-order valence-electron chi connectivity index (χ1n) is 4.86. The summed E-state index contributed by atoms with van der Waals surface area (Å²) in [4.78, 5) is 0. The highest BCUT2D eigenvalue weighted by atomic mass is 16.3. The van der Waals surface area contributed by atoms with Crippen molar-refractivity contribution >= 4 is 0 Å². The van der Waals surface area contributed by atoms with Gasteiger partial charge in [0.2, 0.25) is 0 Å². The quantitative estimate of drug-likeness (QED) is 0.617. The number of rotatable bonds is 1. The van der Waals surface area contributed by atoms with Gasteiger partial charge in [0.1, 0.15) is 0 Å². The van der Waals surface area contributed by atoms with Crippen molar-refractivity contribution in [2.45, 2.75) is 32.8 Å². The van der Waals surface area contributed by atoms with Crippen LogP contribution in [0.2, 0.25) is 0 Å². The molecule has 4 atom stereocenters. The van der Waals surface area contributed by atoms with Crippen LogP contribution in [-0.2, 0) is 0 Å². The van der Waals surface area contributed by atoms with E-state index < -0.39 is 0 Å². The lowest BCUT2D eigenvalue weighted by atomic mass is 9.45. The number of fused-ring (bicyclic) bond motifs is 2. The third-order valence-corrected chi connectivity index (χ3v) is 4.23. The smallest absolute Gasteiger partial charge is 0.0577 e. The lowest BCUT2D eigenvalue weighted by Gasteiger charge is -2.61. The first kappa shape index (κ1) is 8.52. The molecule has 2 N–H and O–H groups in total. The molecule has 2 nitrogen and oxygen atoms in total. The van der Waals surface area contributed by atoms with E-state index in [9.17, 15) is 5.11 Å². The molecule has 0 aromatic carbocycles. The molecule has 12 heavy (non-hydrogen) atoms. The molecule has 0 aromatic rings. The predicted molar refractivity (Wildman–Crippen MR) is 46.6 cm³/mol. The van der Waals surface area contributed by atoms with Gasteiger partial charge in [-0.1, -0.05) is 13.8 Å². The fourth-order valence-electron chi connectivity index (χ4n) is 3.29. The van der Waals surface area contributed by atoms with E-state index in [0.717, 1.165) is 12.8 Å². The SMILES string of the molecule is CC1(C)[C@@H]2C[C@H]1[C@H](CO)C[C@H]2O. The standard InChI is InChI=1S/C10H18O2/c1-10(2)7-4-8(10)9(12)3-6(7)5-11/h6-9,11-12H,3-5H2,1-2H3/t6-,7-,8+,9+/m0/s1. The van der Waals surface area contributed by atoms with Crippen molar-refractivity contribution in [1.29, 1.82) is 0 Å². The molecular formula is C10H18O2. The molecule has 3 aliphatic rings. The lowest BCUT2D eigenvalue weighted by molar-refractivity contribution is -0.178. The summed E-state index contributed by atoms with van der Waals surface area (Å²) in [6.07, 6.45) is 1.77. The van der Waals surface area contributed by atoms with Gasteiger partial charge in [0.25, 0.3) is 0 Å². The van der Waals surface area contributed by atoms with Gasteiger partial charge in [0.05, 0.1) is 6.10 Å². The summed E-state index contributed by atoms with van der Waals surface area (Å²) in [5.74, 6) is 1.49. The van der Waals surface area contributed by atoms with E-state index in [1.807, 2.05) is 0 Å². The van der Waals surface area contributed by atoms with Crippen molar-refractivity contribution < 1.29 is 10.2 Å². The first-order valence-corrected chi connectivity index (χ1v) is 4.86. The Kier molecular flexibility index (Phi) is 1.74. The van der Waals surface area contributed by atoms with E-state index >= 15 is 0 Å². The molecule has 70 valence electrons. The van der Waals surface area contributed by atoms with Gasteiger partial charge in [0, 0.05) is 6.61 Å². The highest BCUT2D eigenvalue weighted by Crippen LogP contribution is 2.61. The van der Waals surface area contributed by atoms with Gasteiger partial charge in [-0.3, -0.25) is 0 Å². The van der Waals surface area contributed by atoms with Gasteiger partial charge in [-0.2, -0.15) is 0 Å². The molecule has 3 aliphatic carbocycles. The molecule has 0 aromatic heterocycles. The highest BCUT2D eigenvalue weighted by Gasteiger charge is 2.57. The molecule has 3 saturated carbocycles. The van der Waals surface area contributed by atoms with E-state index in [4.69, 9.17) is 5.11 Å². The average molecular weight is 170 g/mol. The van der Waals surface area contributed by atoms with E-state index in [1.165, 1.54) is 0 Å². The van der Waals surface area contributed by atoms with Crippen LogP contribution in [0.4, 0.5) is 0 Å². The van der Waals surface area contributed by atoms with E-state index in [0.29, 0.717) is 17.8 Å². The van der Waals surface area contributed by atoms with Crippen LogP contribution in [0.5, 0.6) is 0 Å². The van der Waals surface area contributed by atoms with Crippen LogP contribution in [0.1, 0.15) is 26.7 Å². The van der Waals surface area contributed by atoms with Crippen LogP contribution < -0.4 is 0 Å². The van der Waals surface area contributed by atoms with Crippen molar-refractivity contribution in [2.75, 3.05) is 6.61 Å². The van der Waals surface area contributed by atoms with Gasteiger partial charge < -0.3 is 10.2 Å². The van der Waals surface area contributed by atoms with Crippen molar-refractivity contribution in [1.82, 2.24) is 0 Å². The molecule has 3 fully saturated rings. The maximum Gasteiger partial charge on any atom is 0.0577 e. The van der Waals surface area contributed by atoms with Gasteiger partial charge in [-0.05, 0) is 36.0 Å². The fraction of sp³-hybridized carbons (Fsp3) is 1.00. The normalized spacial score (nSPS) is 50.0. The third kappa shape index (κ3) is 0.882. The molecular weight excluding hydrogens is 152 g/mol. The Bertz CT molecular complexity index is 188. The summed E-state index contributed by atoms with van der Waals surface area (Å²) < 4.78 is 0. The summed E-state index contributed by atoms with van der Waals surface area (Å²) >= 11 is 0. The van der Waals surface area contributed by atoms with Crippen LogP contribution in [0, 0.1) is 23.2 Å². The predicted octanol–water partition coefficient (Wildman–Crippen LogP) is 1.02. The molecule has 2 bridgehead atoms. The van der Waals surface area contributed by atoms with Gasteiger partial charge in [-0.25, -0.2) is 0 Å². The Labute approximate surface area is 73.6 Å². The topological polar surface area (TPSA) is 40.5 Å². The zero-order valence-corrected chi connectivity index (χ0v) is 7.83. The van der Waals surface area contributed by atoms with Crippen LogP contribution >= 0.6 is 0 Å². The maximum atomic E-state index is 9.74. The minimum atomic E-state index is -0.165. The minimum absolute atomic E-state index is 0.165. The van der Waals surface area contributed by atoms with Crippen molar-refractivity contribution in [3.8, 4) is 0 Å². The van der Waals surface area contributed by atoms with Crippen LogP contribution in [0.25, 0.3) is 0 Å². The summed E-state index contributed by atoms with van der Waals surface area (Å²) in [6.45, 7) is 4.69. The minimum Gasteiger partial charge on any atom is -0.396 e. The fourth-order valence-corrected chi connectivity index (χ4v) is 3.29. The zero-order chi connectivity index (χ0) is 8.93. The van der Waals surface area contributed by atoms with Crippen LogP contribution in [0.3, 0.4) is 0 Å². The molecule has 2 heteroatoms. The second-order valence-corrected chi connectivity index (χ2v) is 5.02. The summed E-state index contributed by atoms with van der Waals surface area (Å²) in [5.41, 5.74) is 0.269. The molecule has 0 unspecified atom stereocenters.